The Bertz CT molecular complexity index is 1230. The molecule has 1 aliphatic heterocycles. The predicted octanol–water partition coefficient (Wildman–Crippen LogP) is 4.64. The summed E-state index contributed by atoms with van der Waals surface area (Å²) in [4.78, 5) is 32.3. The molecule has 0 spiro atoms. The summed E-state index contributed by atoms with van der Waals surface area (Å²) in [5.41, 5.74) is 4.22. The number of carbonyl (C=O) groups excluding carboxylic acids is 2. The Hall–Kier alpha value is -3.93. The third-order valence-electron chi connectivity index (χ3n) is 5.59. The largest absolute Gasteiger partial charge is 0.507 e. The maximum Gasteiger partial charge on any atom is 0.300 e. The number of aliphatic hydroxyl groups excluding tert-OH is 1. The molecule has 2 heterocycles. The third-order valence-corrected chi connectivity index (χ3v) is 5.59. The zero-order valence-corrected chi connectivity index (χ0v) is 18.4. The van der Waals surface area contributed by atoms with Crippen molar-refractivity contribution in [1.29, 1.82) is 0 Å². The molecule has 1 aromatic heterocycles. The molecule has 0 radical (unpaired) electrons. The standard InChI is InChI=1S/C26H24N2O4/c1-15-11-16(2)13-18(12-15)28-23(21-7-5-6-10-27-21)22(25(30)26(28)31)24(29)20-9-8-19(32-4)14-17(20)3/h5-14,23,29H,1-4H3/b24-22-. The number of aliphatic hydroxyl groups is 1. The van der Waals surface area contributed by atoms with E-state index in [9.17, 15) is 14.7 Å². The molecule has 0 aliphatic carbocycles. The highest BCUT2D eigenvalue weighted by atomic mass is 16.5. The first-order valence-electron chi connectivity index (χ1n) is 10.3. The van der Waals surface area contributed by atoms with E-state index in [0.717, 1.165) is 16.7 Å². The molecule has 1 N–H and O–H groups in total. The van der Waals surface area contributed by atoms with Crippen molar-refractivity contribution in [2.75, 3.05) is 12.0 Å². The van der Waals surface area contributed by atoms with Crippen LogP contribution in [0.5, 0.6) is 5.75 Å². The summed E-state index contributed by atoms with van der Waals surface area (Å²) >= 11 is 0. The maximum atomic E-state index is 13.2. The first kappa shape index (κ1) is 21.3. The molecule has 1 amide bonds. The number of hydrogen-bond acceptors (Lipinski definition) is 5. The highest BCUT2D eigenvalue weighted by Crippen LogP contribution is 2.42. The Morgan fingerprint density at radius 1 is 1.00 bits per heavy atom. The molecule has 1 atom stereocenters. The van der Waals surface area contributed by atoms with Crippen LogP contribution in [-0.4, -0.2) is 28.9 Å². The van der Waals surface area contributed by atoms with Gasteiger partial charge in [0, 0.05) is 17.4 Å². The SMILES string of the molecule is COc1ccc(/C(O)=C2/C(=O)C(=O)N(c3cc(C)cc(C)c3)C2c2ccccn2)c(C)c1. The van der Waals surface area contributed by atoms with E-state index in [1.54, 1.807) is 49.7 Å². The highest BCUT2D eigenvalue weighted by molar-refractivity contribution is 6.51. The van der Waals surface area contributed by atoms with Gasteiger partial charge in [0.1, 0.15) is 17.6 Å². The van der Waals surface area contributed by atoms with Crippen molar-refractivity contribution in [2.45, 2.75) is 26.8 Å². The monoisotopic (exact) mass is 428 g/mol. The van der Waals surface area contributed by atoms with Gasteiger partial charge < -0.3 is 9.84 Å². The van der Waals surface area contributed by atoms with Gasteiger partial charge in [0.25, 0.3) is 11.7 Å². The number of ketones is 1. The second-order valence-corrected chi connectivity index (χ2v) is 7.95. The van der Waals surface area contributed by atoms with Crippen molar-refractivity contribution in [3.63, 3.8) is 0 Å². The minimum absolute atomic E-state index is 0.0149. The van der Waals surface area contributed by atoms with Crippen molar-refractivity contribution < 1.29 is 19.4 Å². The fourth-order valence-electron chi connectivity index (χ4n) is 4.18. The summed E-state index contributed by atoms with van der Waals surface area (Å²) in [6.07, 6.45) is 1.61. The van der Waals surface area contributed by atoms with Gasteiger partial charge in [-0.1, -0.05) is 12.1 Å². The van der Waals surface area contributed by atoms with Crippen LogP contribution >= 0.6 is 0 Å². The van der Waals surface area contributed by atoms with Gasteiger partial charge in [-0.15, -0.1) is 0 Å². The van der Waals surface area contributed by atoms with Crippen LogP contribution in [0.4, 0.5) is 5.69 Å². The summed E-state index contributed by atoms with van der Waals surface area (Å²) in [6, 6.07) is 15.3. The van der Waals surface area contributed by atoms with E-state index >= 15 is 0 Å². The zero-order valence-electron chi connectivity index (χ0n) is 18.4. The second-order valence-electron chi connectivity index (χ2n) is 7.95. The molecule has 0 bridgehead atoms. The minimum Gasteiger partial charge on any atom is -0.507 e. The molecule has 6 heteroatoms. The van der Waals surface area contributed by atoms with Gasteiger partial charge in [-0.25, -0.2) is 0 Å². The Balaban J connectivity index is 1.96. The molecular formula is C26H24N2O4. The maximum absolute atomic E-state index is 13.2. The van der Waals surface area contributed by atoms with Gasteiger partial charge in [-0.3, -0.25) is 19.5 Å². The molecule has 4 rings (SSSR count). The van der Waals surface area contributed by atoms with Gasteiger partial charge in [-0.05, 0) is 79.9 Å². The molecule has 6 nitrogen and oxygen atoms in total. The Morgan fingerprint density at radius 2 is 1.72 bits per heavy atom. The zero-order chi connectivity index (χ0) is 23.0. The number of aromatic nitrogens is 1. The van der Waals surface area contributed by atoms with Gasteiger partial charge in [0.15, 0.2) is 0 Å². The van der Waals surface area contributed by atoms with Gasteiger partial charge >= 0.3 is 0 Å². The number of rotatable bonds is 4. The van der Waals surface area contributed by atoms with Crippen molar-refractivity contribution in [3.05, 3.63) is 94.3 Å². The first-order chi connectivity index (χ1) is 15.3. The van der Waals surface area contributed by atoms with Crippen molar-refractivity contribution in [2.24, 2.45) is 0 Å². The van der Waals surface area contributed by atoms with E-state index in [2.05, 4.69) is 4.98 Å². The summed E-state index contributed by atoms with van der Waals surface area (Å²) in [7, 11) is 1.56. The van der Waals surface area contributed by atoms with E-state index in [-0.39, 0.29) is 11.3 Å². The molecule has 1 fully saturated rings. The second kappa shape index (κ2) is 8.30. The summed E-state index contributed by atoms with van der Waals surface area (Å²) in [5, 5.41) is 11.3. The van der Waals surface area contributed by atoms with Crippen LogP contribution in [0.15, 0.2) is 66.4 Å². The smallest absolute Gasteiger partial charge is 0.300 e. The Morgan fingerprint density at radius 3 is 2.31 bits per heavy atom. The van der Waals surface area contributed by atoms with Crippen LogP contribution in [-0.2, 0) is 9.59 Å². The molecule has 162 valence electrons. The van der Waals surface area contributed by atoms with Gasteiger partial charge in [-0.2, -0.15) is 0 Å². The van der Waals surface area contributed by atoms with Gasteiger partial charge in [0.05, 0.1) is 18.4 Å². The van der Waals surface area contributed by atoms with Crippen LogP contribution in [0.2, 0.25) is 0 Å². The summed E-state index contributed by atoms with van der Waals surface area (Å²) in [5.74, 6) is -1.03. The van der Waals surface area contributed by atoms with E-state index in [4.69, 9.17) is 4.74 Å². The number of benzene rings is 2. The Labute approximate surface area is 186 Å². The number of carbonyl (C=O) groups is 2. The lowest BCUT2D eigenvalue weighted by atomic mass is 9.96. The molecular weight excluding hydrogens is 404 g/mol. The van der Waals surface area contributed by atoms with Crippen molar-refractivity contribution in [3.8, 4) is 5.75 Å². The molecule has 1 unspecified atom stereocenters. The number of hydrogen-bond donors (Lipinski definition) is 1. The molecule has 0 saturated carbocycles. The summed E-state index contributed by atoms with van der Waals surface area (Å²) in [6.45, 7) is 5.68. The van der Waals surface area contributed by atoms with E-state index in [1.165, 1.54) is 4.90 Å². The van der Waals surface area contributed by atoms with Crippen molar-refractivity contribution >= 4 is 23.1 Å². The van der Waals surface area contributed by atoms with E-state index in [1.807, 2.05) is 39.0 Å². The quantitative estimate of drug-likeness (QED) is 0.372. The van der Waals surface area contributed by atoms with Crippen LogP contribution in [0.3, 0.4) is 0 Å². The lowest BCUT2D eigenvalue weighted by Crippen LogP contribution is -2.30. The number of methoxy groups -OCH3 is 1. The molecule has 32 heavy (non-hydrogen) atoms. The highest BCUT2D eigenvalue weighted by Gasteiger charge is 2.47. The lowest BCUT2D eigenvalue weighted by Gasteiger charge is -2.25. The molecule has 3 aromatic rings. The number of ether oxygens (including phenoxy) is 1. The number of Topliss-reactive ketones (excluding diaryl/α,β-unsaturated/α-hetero) is 1. The average Bonchev–Trinajstić information content (AvgIpc) is 3.04. The van der Waals surface area contributed by atoms with E-state index in [0.29, 0.717) is 22.7 Å². The summed E-state index contributed by atoms with van der Waals surface area (Å²) < 4.78 is 5.24. The molecule has 1 aliphatic rings. The third kappa shape index (κ3) is 3.64. The number of amides is 1. The number of aryl methyl sites for hydroxylation is 3. The molecule has 1 saturated heterocycles. The number of anilines is 1. The topological polar surface area (TPSA) is 79.7 Å². The van der Waals surface area contributed by atoms with E-state index < -0.39 is 17.7 Å². The first-order valence-corrected chi connectivity index (χ1v) is 10.3. The number of nitrogens with zero attached hydrogens (tertiary/aromatic N) is 2. The van der Waals surface area contributed by atoms with Crippen LogP contribution in [0.25, 0.3) is 5.76 Å². The fraction of sp³-hybridized carbons (Fsp3) is 0.192. The minimum atomic E-state index is -0.848. The van der Waals surface area contributed by atoms with Crippen LogP contribution in [0.1, 0.15) is 34.0 Å². The van der Waals surface area contributed by atoms with Crippen LogP contribution < -0.4 is 9.64 Å². The van der Waals surface area contributed by atoms with Gasteiger partial charge in [0.2, 0.25) is 0 Å². The lowest BCUT2D eigenvalue weighted by molar-refractivity contribution is -0.132. The van der Waals surface area contributed by atoms with Crippen molar-refractivity contribution in [1.82, 2.24) is 4.98 Å². The average molecular weight is 428 g/mol. The predicted molar refractivity (Wildman–Crippen MR) is 123 cm³/mol. The number of pyridine rings is 1. The Kier molecular flexibility index (Phi) is 5.53. The molecule has 2 aromatic carbocycles. The van der Waals surface area contributed by atoms with Crippen LogP contribution in [0, 0.1) is 20.8 Å². The normalized spacial score (nSPS) is 17.6. The fourth-order valence-corrected chi connectivity index (χ4v) is 4.18.